The Labute approximate surface area is 186 Å². The molecule has 5 nitrogen and oxygen atoms in total. The Kier molecular flexibility index (Phi) is 13.8. The predicted molar refractivity (Wildman–Crippen MR) is 132 cm³/mol. The second kappa shape index (κ2) is 15.3. The molecule has 154 valence electrons. The molecule has 0 saturated carbocycles. The van der Waals surface area contributed by atoms with E-state index in [1.807, 2.05) is 18.8 Å². The van der Waals surface area contributed by atoms with Gasteiger partial charge in [0, 0.05) is 52.0 Å². The molecule has 1 aliphatic rings. The zero-order valence-corrected chi connectivity index (χ0v) is 20.0. The minimum atomic E-state index is 0. The lowest BCUT2D eigenvalue weighted by Gasteiger charge is -2.36. The van der Waals surface area contributed by atoms with Crippen LogP contribution < -0.4 is 15.5 Å². The molecule has 1 aliphatic heterocycles. The molecule has 0 spiro atoms. The van der Waals surface area contributed by atoms with Gasteiger partial charge < -0.3 is 15.5 Å². The Morgan fingerprint density at radius 1 is 1.00 bits per heavy atom. The summed E-state index contributed by atoms with van der Waals surface area (Å²) >= 11 is 1.91. The summed E-state index contributed by atoms with van der Waals surface area (Å²) in [5.41, 5.74) is 1.35. The maximum atomic E-state index is 4.30. The van der Waals surface area contributed by atoms with Crippen molar-refractivity contribution in [1.29, 1.82) is 0 Å². The first-order valence-corrected chi connectivity index (χ1v) is 11.2. The molecule has 0 unspecified atom stereocenters. The van der Waals surface area contributed by atoms with Gasteiger partial charge in [0.2, 0.25) is 0 Å². The van der Waals surface area contributed by atoms with Crippen molar-refractivity contribution in [3.63, 3.8) is 0 Å². The summed E-state index contributed by atoms with van der Waals surface area (Å²) in [5.74, 6) is 2.17. The van der Waals surface area contributed by atoms with Gasteiger partial charge >= 0.3 is 0 Å². The number of unbranched alkanes of at least 4 members (excludes halogenated alkanes) is 1. The van der Waals surface area contributed by atoms with Crippen molar-refractivity contribution >= 4 is 47.4 Å². The molecule has 0 aliphatic carbocycles. The average molecular weight is 506 g/mol. The molecule has 0 amide bonds. The van der Waals surface area contributed by atoms with Gasteiger partial charge in [0.05, 0.1) is 0 Å². The van der Waals surface area contributed by atoms with Crippen LogP contribution in [-0.2, 0) is 0 Å². The number of guanidine groups is 1. The smallest absolute Gasteiger partial charge is 0.190 e. The standard InChI is InChI=1S/C20H35N5S.HI/c1-21-20(22-11-6-7-18-26-2)23-12-8-13-24-14-16-25(17-15-24)19-9-4-3-5-10-19;/h3-5,9-10H,6-8,11-18H2,1-2H3,(H2,21,22,23);1H. The third-order valence-corrected chi connectivity index (χ3v) is 5.43. The molecule has 27 heavy (non-hydrogen) atoms. The molecule has 1 heterocycles. The molecular weight excluding hydrogens is 469 g/mol. The van der Waals surface area contributed by atoms with Crippen molar-refractivity contribution in [2.75, 3.05) is 69.8 Å². The Hall–Kier alpha value is -0.670. The Morgan fingerprint density at radius 2 is 1.67 bits per heavy atom. The topological polar surface area (TPSA) is 42.9 Å². The van der Waals surface area contributed by atoms with Crippen molar-refractivity contribution in [2.45, 2.75) is 19.3 Å². The molecular formula is C20H36IN5S. The lowest BCUT2D eigenvalue weighted by atomic mass is 10.2. The predicted octanol–water partition coefficient (Wildman–Crippen LogP) is 3.12. The summed E-state index contributed by atoms with van der Waals surface area (Å²) in [4.78, 5) is 9.36. The normalized spacial score (nSPS) is 15.3. The number of rotatable bonds is 10. The van der Waals surface area contributed by atoms with E-state index in [1.165, 1.54) is 24.3 Å². The van der Waals surface area contributed by atoms with E-state index in [9.17, 15) is 0 Å². The Bertz CT molecular complexity index is 506. The van der Waals surface area contributed by atoms with Crippen LogP contribution in [0, 0.1) is 0 Å². The van der Waals surface area contributed by atoms with Gasteiger partial charge in [-0.2, -0.15) is 11.8 Å². The van der Waals surface area contributed by atoms with E-state index in [2.05, 4.69) is 62.0 Å². The van der Waals surface area contributed by atoms with Crippen molar-refractivity contribution < 1.29 is 0 Å². The van der Waals surface area contributed by atoms with E-state index >= 15 is 0 Å². The number of thioether (sulfide) groups is 1. The van der Waals surface area contributed by atoms with Gasteiger partial charge in [-0.3, -0.25) is 9.89 Å². The second-order valence-corrected chi connectivity index (χ2v) is 7.63. The van der Waals surface area contributed by atoms with E-state index in [-0.39, 0.29) is 24.0 Å². The number of piperazine rings is 1. The molecule has 0 radical (unpaired) electrons. The molecule has 1 aromatic carbocycles. The molecule has 0 bridgehead atoms. The fraction of sp³-hybridized carbons (Fsp3) is 0.650. The quantitative estimate of drug-likeness (QED) is 0.222. The minimum Gasteiger partial charge on any atom is -0.369 e. The molecule has 0 atom stereocenters. The number of nitrogens with one attached hydrogen (secondary N) is 2. The highest BCUT2D eigenvalue weighted by molar-refractivity contribution is 14.0. The van der Waals surface area contributed by atoms with Gasteiger partial charge in [-0.1, -0.05) is 18.2 Å². The Balaban J connectivity index is 0.00000364. The lowest BCUT2D eigenvalue weighted by molar-refractivity contribution is 0.255. The number of aliphatic imine (C=N–C) groups is 1. The van der Waals surface area contributed by atoms with Crippen LogP contribution >= 0.6 is 35.7 Å². The summed E-state index contributed by atoms with van der Waals surface area (Å²) < 4.78 is 0. The summed E-state index contributed by atoms with van der Waals surface area (Å²) in [6.45, 7) is 7.67. The van der Waals surface area contributed by atoms with Crippen LogP contribution in [0.1, 0.15) is 19.3 Å². The van der Waals surface area contributed by atoms with Gasteiger partial charge in [-0.15, -0.1) is 24.0 Å². The molecule has 1 fully saturated rings. The lowest BCUT2D eigenvalue weighted by Crippen LogP contribution is -2.47. The van der Waals surface area contributed by atoms with E-state index in [0.717, 1.165) is 58.2 Å². The van der Waals surface area contributed by atoms with Gasteiger partial charge in [-0.05, 0) is 49.9 Å². The van der Waals surface area contributed by atoms with E-state index < -0.39 is 0 Å². The highest BCUT2D eigenvalue weighted by atomic mass is 127. The molecule has 1 saturated heterocycles. The first-order chi connectivity index (χ1) is 12.8. The molecule has 0 aromatic heterocycles. The van der Waals surface area contributed by atoms with E-state index in [0.29, 0.717) is 0 Å². The Morgan fingerprint density at radius 3 is 2.30 bits per heavy atom. The number of para-hydroxylation sites is 1. The number of anilines is 1. The van der Waals surface area contributed by atoms with Crippen LogP contribution in [0.15, 0.2) is 35.3 Å². The molecule has 2 rings (SSSR count). The zero-order valence-electron chi connectivity index (χ0n) is 16.8. The second-order valence-electron chi connectivity index (χ2n) is 6.64. The number of hydrogen-bond acceptors (Lipinski definition) is 4. The van der Waals surface area contributed by atoms with Crippen LogP contribution in [0.5, 0.6) is 0 Å². The minimum absolute atomic E-state index is 0. The monoisotopic (exact) mass is 505 g/mol. The average Bonchev–Trinajstić information content (AvgIpc) is 2.70. The molecule has 2 N–H and O–H groups in total. The molecule has 7 heteroatoms. The number of hydrogen-bond donors (Lipinski definition) is 2. The summed E-state index contributed by atoms with van der Waals surface area (Å²) in [6, 6.07) is 10.7. The SMILES string of the molecule is CN=C(NCCCCSC)NCCCN1CCN(c2ccccc2)CC1.I. The third kappa shape index (κ3) is 9.89. The number of nitrogens with zero attached hydrogens (tertiary/aromatic N) is 3. The molecule has 1 aromatic rings. The van der Waals surface area contributed by atoms with Crippen molar-refractivity contribution in [1.82, 2.24) is 15.5 Å². The highest BCUT2D eigenvalue weighted by Gasteiger charge is 2.16. The van der Waals surface area contributed by atoms with Crippen molar-refractivity contribution in [2.24, 2.45) is 4.99 Å². The summed E-state index contributed by atoms with van der Waals surface area (Å²) in [6.07, 6.45) is 5.78. The third-order valence-electron chi connectivity index (χ3n) is 4.73. The van der Waals surface area contributed by atoms with Gasteiger partial charge in [-0.25, -0.2) is 0 Å². The maximum Gasteiger partial charge on any atom is 0.190 e. The summed E-state index contributed by atoms with van der Waals surface area (Å²) in [5, 5.41) is 6.83. The van der Waals surface area contributed by atoms with Crippen LogP contribution in [-0.4, -0.2) is 75.7 Å². The maximum absolute atomic E-state index is 4.30. The van der Waals surface area contributed by atoms with Crippen LogP contribution in [0.4, 0.5) is 5.69 Å². The van der Waals surface area contributed by atoms with Crippen molar-refractivity contribution in [3.05, 3.63) is 30.3 Å². The summed E-state index contributed by atoms with van der Waals surface area (Å²) in [7, 11) is 1.85. The van der Waals surface area contributed by atoms with Gasteiger partial charge in [0.1, 0.15) is 0 Å². The largest absolute Gasteiger partial charge is 0.369 e. The van der Waals surface area contributed by atoms with Gasteiger partial charge in [0.25, 0.3) is 0 Å². The zero-order chi connectivity index (χ0) is 18.5. The van der Waals surface area contributed by atoms with E-state index in [4.69, 9.17) is 0 Å². The number of benzene rings is 1. The first kappa shape index (κ1) is 24.4. The fourth-order valence-electron chi connectivity index (χ4n) is 3.18. The van der Waals surface area contributed by atoms with Crippen LogP contribution in [0.25, 0.3) is 0 Å². The van der Waals surface area contributed by atoms with Gasteiger partial charge in [0.15, 0.2) is 5.96 Å². The van der Waals surface area contributed by atoms with E-state index in [1.54, 1.807) is 0 Å². The van der Waals surface area contributed by atoms with Crippen molar-refractivity contribution in [3.8, 4) is 0 Å². The van der Waals surface area contributed by atoms with Crippen LogP contribution in [0.2, 0.25) is 0 Å². The first-order valence-electron chi connectivity index (χ1n) is 9.79. The van der Waals surface area contributed by atoms with Crippen LogP contribution in [0.3, 0.4) is 0 Å². The number of halogens is 1. The fourth-order valence-corrected chi connectivity index (χ4v) is 3.67. The highest BCUT2D eigenvalue weighted by Crippen LogP contribution is 2.15.